The predicted molar refractivity (Wildman–Crippen MR) is 72.9 cm³/mol. The van der Waals surface area contributed by atoms with Gasteiger partial charge in [-0.15, -0.1) is 0 Å². The van der Waals surface area contributed by atoms with Crippen molar-refractivity contribution in [3.63, 3.8) is 0 Å². The highest BCUT2D eigenvalue weighted by Crippen LogP contribution is 2.39. The molecule has 0 amide bonds. The monoisotopic (exact) mass is 267 g/mol. The van der Waals surface area contributed by atoms with E-state index in [-0.39, 0.29) is 13.2 Å². The summed E-state index contributed by atoms with van der Waals surface area (Å²) in [4.78, 5) is 10.8. The highest BCUT2D eigenvalue weighted by Gasteiger charge is 2.29. The molecule has 1 aromatic heterocycles. The smallest absolute Gasteiger partial charge is 0.148 e. The largest absolute Gasteiger partial charge is 0.395 e. The fraction of sp³-hybridized carbons (Fsp3) is 0.667. The van der Waals surface area contributed by atoms with Crippen molar-refractivity contribution in [1.29, 1.82) is 0 Å². The normalized spacial score (nSPS) is 14.5. The second-order valence-corrected chi connectivity index (χ2v) is 4.73. The summed E-state index contributed by atoms with van der Waals surface area (Å²) < 4.78 is 0. The number of aliphatic hydroxyl groups is 2. The summed E-state index contributed by atoms with van der Waals surface area (Å²) in [5, 5.41) is 18.3. The lowest BCUT2D eigenvalue weighted by Crippen LogP contribution is -2.32. The van der Waals surface area contributed by atoms with Crippen molar-refractivity contribution < 1.29 is 10.2 Å². The molecule has 7 heteroatoms. The SMILES string of the molecule is Cc1c(NN)nc(C2CC2)nc1N(CCO)CCO. The molecular formula is C12H21N5O2. The summed E-state index contributed by atoms with van der Waals surface area (Å²) in [5.74, 6) is 8.03. The molecule has 2 rings (SSSR count). The van der Waals surface area contributed by atoms with Gasteiger partial charge < -0.3 is 20.5 Å². The molecule has 0 bridgehead atoms. The van der Waals surface area contributed by atoms with Gasteiger partial charge in [-0.1, -0.05) is 0 Å². The Morgan fingerprint density at radius 2 is 1.89 bits per heavy atom. The van der Waals surface area contributed by atoms with Crippen molar-refractivity contribution in [2.24, 2.45) is 5.84 Å². The van der Waals surface area contributed by atoms with Gasteiger partial charge in [0, 0.05) is 24.6 Å². The van der Waals surface area contributed by atoms with Gasteiger partial charge in [0.05, 0.1) is 13.2 Å². The van der Waals surface area contributed by atoms with Crippen LogP contribution in [0, 0.1) is 6.92 Å². The van der Waals surface area contributed by atoms with Gasteiger partial charge >= 0.3 is 0 Å². The van der Waals surface area contributed by atoms with Crippen LogP contribution in [0.25, 0.3) is 0 Å². The highest BCUT2D eigenvalue weighted by atomic mass is 16.3. The lowest BCUT2D eigenvalue weighted by molar-refractivity contribution is 0.280. The first-order valence-electron chi connectivity index (χ1n) is 6.53. The Labute approximate surface area is 112 Å². The molecule has 7 nitrogen and oxygen atoms in total. The number of nitrogen functional groups attached to an aromatic ring is 1. The van der Waals surface area contributed by atoms with Crippen LogP contribution in [0.1, 0.15) is 30.1 Å². The van der Waals surface area contributed by atoms with Crippen molar-refractivity contribution in [1.82, 2.24) is 9.97 Å². The van der Waals surface area contributed by atoms with Crippen LogP contribution in [-0.2, 0) is 0 Å². The van der Waals surface area contributed by atoms with Crippen LogP contribution in [-0.4, -0.2) is 46.5 Å². The number of aliphatic hydroxyl groups excluding tert-OH is 2. The van der Waals surface area contributed by atoms with E-state index in [4.69, 9.17) is 16.1 Å². The number of rotatable bonds is 7. The molecule has 0 aromatic carbocycles. The van der Waals surface area contributed by atoms with Gasteiger partial charge in [0.1, 0.15) is 17.5 Å². The Morgan fingerprint density at radius 3 is 2.37 bits per heavy atom. The van der Waals surface area contributed by atoms with Gasteiger partial charge in [-0.2, -0.15) is 0 Å². The van der Waals surface area contributed by atoms with Crippen LogP contribution < -0.4 is 16.2 Å². The lowest BCUT2D eigenvalue weighted by atomic mass is 10.2. The number of nitrogens with zero attached hydrogens (tertiary/aromatic N) is 3. The maximum Gasteiger partial charge on any atom is 0.148 e. The maximum absolute atomic E-state index is 9.13. The molecule has 0 unspecified atom stereocenters. The molecular weight excluding hydrogens is 246 g/mol. The third-order valence-electron chi connectivity index (χ3n) is 3.26. The third kappa shape index (κ3) is 3.12. The molecule has 19 heavy (non-hydrogen) atoms. The number of nitrogens with two attached hydrogens (primary N) is 1. The van der Waals surface area contributed by atoms with E-state index < -0.39 is 0 Å². The summed E-state index contributed by atoms with van der Waals surface area (Å²) in [6.45, 7) is 2.74. The first kappa shape index (κ1) is 14.0. The zero-order valence-electron chi connectivity index (χ0n) is 11.1. The Balaban J connectivity index is 2.37. The van der Waals surface area contributed by atoms with Gasteiger partial charge in [0.15, 0.2) is 0 Å². The fourth-order valence-corrected chi connectivity index (χ4v) is 2.06. The summed E-state index contributed by atoms with van der Waals surface area (Å²) in [6.07, 6.45) is 2.21. The molecule has 0 spiro atoms. The van der Waals surface area contributed by atoms with Gasteiger partial charge in [-0.25, -0.2) is 15.8 Å². The van der Waals surface area contributed by atoms with E-state index in [1.165, 1.54) is 0 Å². The van der Waals surface area contributed by atoms with Crippen molar-refractivity contribution in [2.75, 3.05) is 36.6 Å². The molecule has 106 valence electrons. The van der Waals surface area contributed by atoms with Crippen LogP contribution in [0.5, 0.6) is 0 Å². The van der Waals surface area contributed by atoms with Gasteiger partial charge in [0.25, 0.3) is 0 Å². The Kier molecular flexibility index (Phi) is 4.52. The second kappa shape index (κ2) is 6.14. The van der Waals surface area contributed by atoms with E-state index in [1.807, 2.05) is 11.8 Å². The van der Waals surface area contributed by atoms with E-state index in [0.29, 0.717) is 24.8 Å². The molecule has 0 saturated heterocycles. The number of nitrogens with one attached hydrogen (secondary N) is 1. The summed E-state index contributed by atoms with van der Waals surface area (Å²) >= 11 is 0. The third-order valence-corrected chi connectivity index (χ3v) is 3.26. The Bertz CT molecular complexity index is 430. The zero-order valence-corrected chi connectivity index (χ0v) is 11.1. The van der Waals surface area contributed by atoms with E-state index in [0.717, 1.165) is 30.0 Å². The number of aromatic nitrogens is 2. The average molecular weight is 267 g/mol. The first-order valence-corrected chi connectivity index (χ1v) is 6.53. The lowest BCUT2D eigenvalue weighted by Gasteiger charge is -2.25. The number of hydrogen-bond acceptors (Lipinski definition) is 7. The Hall–Kier alpha value is -1.44. The number of hydrogen-bond donors (Lipinski definition) is 4. The zero-order chi connectivity index (χ0) is 13.8. The minimum Gasteiger partial charge on any atom is -0.395 e. The number of hydrazine groups is 1. The molecule has 1 aliphatic carbocycles. The summed E-state index contributed by atoms with van der Waals surface area (Å²) in [6, 6.07) is 0. The molecule has 1 aliphatic rings. The van der Waals surface area contributed by atoms with Crippen LogP contribution in [0.15, 0.2) is 0 Å². The first-order chi connectivity index (χ1) is 9.21. The van der Waals surface area contributed by atoms with E-state index in [1.54, 1.807) is 0 Å². The maximum atomic E-state index is 9.13. The van der Waals surface area contributed by atoms with Gasteiger partial charge in [-0.3, -0.25) is 0 Å². The predicted octanol–water partition coefficient (Wildman–Crippen LogP) is -0.261. The Morgan fingerprint density at radius 1 is 1.26 bits per heavy atom. The van der Waals surface area contributed by atoms with Gasteiger partial charge in [0.2, 0.25) is 0 Å². The quantitative estimate of drug-likeness (QED) is 0.398. The molecule has 1 fully saturated rings. The van der Waals surface area contributed by atoms with Crippen LogP contribution in [0.3, 0.4) is 0 Å². The van der Waals surface area contributed by atoms with E-state index >= 15 is 0 Å². The number of anilines is 2. The minimum atomic E-state index is 0.00753. The molecule has 0 radical (unpaired) electrons. The van der Waals surface area contributed by atoms with Gasteiger partial charge in [-0.05, 0) is 19.8 Å². The van der Waals surface area contributed by atoms with E-state index in [2.05, 4.69) is 15.4 Å². The van der Waals surface area contributed by atoms with Crippen molar-refractivity contribution in [3.05, 3.63) is 11.4 Å². The van der Waals surface area contributed by atoms with Crippen molar-refractivity contribution in [3.8, 4) is 0 Å². The molecule has 1 aromatic rings. The van der Waals surface area contributed by atoms with Crippen LogP contribution >= 0.6 is 0 Å². The molecule has 0 aliphatic heterocycles. The second-order valence-electron chi connectivity index (χ2n) is 4.73. The molecule has 1 heterocycles. The molecule has 1 saturated carbocycles. The van der Waals surface area contributed by atoms with Crippen LogP contribution in [0.4, 0.5) is 11.6 Å². The summed E-state index contributed by atoms with van der Waals surface area (Å²) in [5.41, 5.74) is 3.42. The molecule has 5 N–H and O–H groups in total. The minimum absolute atomic E-state index is 0.00753. The summed E-state index contributed by atoms with van der Waals surface area (Å²) in [7, 11) is 0. The van der Waals surface area contributed by atoms with Crippen molar-refractivity contribution >= 4 is 11.6 Å². The highest BCUT2D eigenvalue weighted by molar-refractivity contribution is 5.58. The fourth-order valence-electron chi connectivity index (χ4n) is 2.06. The van der Waals surface area contributed by atoms with Crippen LogP contribution in [0.2, 0.25) is 0 Å². The van der Waals surface area contributed by atoms with Crippen molar-refractivity contribution in [2.45, 2.75) is 25.7 Å². The topological polar surface area (TPSA) is 108 Å². The standard InChI is InChI=1S/C12H21N5O2/c1-8-10(16-13)14-11(9-2-3-9)15-12(8)17(4-6-18)5-7-19/h9,18-19H,2-7,13H2,1H3,(H,14,15,16). The average Bonchev–Trinajstić information content (AvgIpc) is 3.23. The molecule has 0 atom stereocenters. The van der Waals surface area contributed by atoms with E-state index in [9.17, 15) is 0 Å².